The number of anilines is 1. The molecule has 0 saturated heterocycles. The van der Waals surface area contributed by atoms with Gasteiger partial charge in [0.15, 0.2) is 0 Å². The molecule has 0 spiro atoms. The van der Waals surface area contributed by atoms with E-state index in [4.69, 9.17) is 0 Å². The maximum Gasteiger partial charge on any atom is 0.319 e. The van der Waals surface area contributed by atoms with E-state index in [1.165, 1.54) is 11.6 Å². The lowest BCUT2D eigenvalue weighted by Gasteiger charge is -2.16. The Labute approximate surface area is 157 Å². The molecular weight excluding hydrogens is 341 g/mol. The predicted molar refractivity (Wildman–Crippen MR) is 105 cm³/mol. The minimum absolute atomic E-state index is 0.0941. The van der Waals surface area contributed by atoms with Crippen LogP contribution in [0.25, 0.3) is 10.8 Å². The number of hydrogen-bond donors (Lipinski definition) is 2. The minimum atomic E-state index is -0.447. The van der Waals surface area contributed by atoms with Crippen LogP contribution in [0, 0.1) is 12.7 Å². The van der Waals surface area contributed by atoms with Crippen LogP contribution < -0.4 is 10.6 Å². The monoisotopic (exact) mass is 363 g/mol. The van der Waals surface area contributed by atoms with E-state index in [0.29, 0.717) is 11.3 Å². The summed E-state index contributed by atoms with van der Waals surface area (Å²) in [5.74, 6) is 0.0105. The van der Waals surface area contributed by atoms with Crippen LogP contribution in [-0.2, 0) is 0 Å². The average molecular weight is 363 g/mol. The zero-order valence-corrected chi connectivity index (χ0v) is 15.2. The van der Waals surface area contributed by atoms with Gasteiger partial charge in [-0.2, -0.15) is 0 Å². The van der Waals surface area contributed by atoms with E-state index in [-0.39, 0.29) is 17.8 Å². The number of aryl methyl sites for hydroxylation is 1. The normalized spacial score (nSPS) is 19.2. The first-order valence-electron chi connectivity index (χ1n) is 9.27. The van der Waals surface area contributed by atoms with E-state index in [0.717, 1.165) is 30.3 Å². The van der Waals surface area contributed by atoms with Gasteiger partial charge >= 0.3 is 6.03 Å². The second-order valence-electron chi connectivity index (χ2n) is 7.19. The molecule has 0 bridgehead atoms. The molecule has 138 valence electrons. The van der Waals surface area contributed by atoms with E-state index in [9.17, 15) is 9.18 Å². The zero-order valence-electron chi connectivity index (χ0n) is 15.2. The van der Waals surface area contributed by atoms with Crippen molar-refractivity contribution in [1.29, 1.82) is 0 Å². The molecule has 0 unspecified atom stereocenters. The summed E-state index contributed by atoms with van der Waals surface area (Å²) in [5.41, 5.74) is 2.29. The van der Waals surface area contributed by atoms with Crippen molar-refractivity contribution < 1.29 is 9.18 Å². The van der Waals surface area contributed by atoms with E-state index < -0.39 is 5.82 Å². The summed E-state index contributed by atoms with van der Waals surface area (Å²) in [6.45, 7) is 1.84. The Balaban J connectivity index is 1.45. The van der Waals surface area contributed by atoms with Crippen LogP contribution in [0.1, 0.15) is 36.4 Å². The van der Waals surface area contributed by atoms with Crippen molar-refractivity contribution >= 4 is 22.5 Å². The van der Waals surface area contributed by atoms with E-state index >= 15 is 0 Å². The second kappa shape index (κ2) is 7.35. The van der Waals surface area contributed by atoms with Gasteiger partial charge in [0, 0.05) is 28.7 Å². The van der Waals surface area contributed by atoms with Gasteiger partial charge in [0.1, 0.15) is 5.82 Å². The third-order valence-electron chi connectivity index (χ3n) is 5.27. The third-order valence-corrected chi connectivity index (χ3v) is 5.27. The van der Waals surface area contributed by atoms with Gasteiger partial charge in [0.05, 0.1) is 5.69 Å². The smallest absolute Gasteiger partial charge is 0.319 e. The fraction of sp³-hybridized carbons (Fsp3) is 0.273. The van der Waals surface area contributed by atoms with Crippen molar-refractivity contribution in [1.82, 2.24) is 10.3 Å². The highest BCUT2D eigenvalue weighted by Gasteiger charge is 2.27. The topological polar surface area (TPSA) is 54.0 Å². The quantitative estimate of drug-likeness (QED) is 0.677. The number of amides is 2. The van der Waals surface area contributed by atoms with Gasteiger partial charge in [-0.1, -0.05) is 30.3 Å². The second-order valence-corrected chi connectivity index (χ2v) is 7.19. The maximum atomic E-state index is 14.3. The molecule has 4 nitrogen and oxygen atoms in total. The van der Waals surface area contributed by atoms with Gasteiger partial charge in [-0.15, -0.1) is 0 Å². The fourth-order valence-corrected chi connectivity index (χ4v) is 3.90. The number of nitrogens with one attached hydrogen (secondary N) is 2. The van der Waals surface area contributed by atoms with Crippen LogP contribution in [-0.4, -0.2) is 17.1 Å². The van der Waals surface area contributed by atoms with Gasteiger partial charge < -0.3 is 10.6 Å². The summed E-state index contributed by atoms with van der Waals surface area (Å²) in [6.07, 6.45) is 4.56. The lowest BCUT2D eigenvalue weighted by molar-refractivity contribution is 0.248. The SMILES string of the molecule is Cc1cc2c(NC(=O)N[C@H]3CC[C@@H](c4ccccc4)C3)c(F)ccc2cn1. The van der Waals surface area contributed by atoms with E-state index in [1.807, 2.05) is 25.1 Å². The number of urea groups is 1. The molecule has 1 fully saturated rings. The first kappa shape index (κ1) is 17.5. The lowest BCUT2D eigenvalue weighted by atomic mass is 9.98. The predicted octanol–water partition coefficient (Wildman–Crippen LogP) is 5.14. The summed E-state index contributed by atoms with van der Waals surface area (Å²) in [7, 11) is 0. The highest BCUT2D eigenvalue weighted by Crippen LogP contribution is 2.34. The Morgan fingerprint density at radius 3 is 2.78 bits per heavy atom. The summed E-state index contributed by atoms with van der Waals surface area (Å²) >= 11 is 0. The number of benzene rings is 2. The number of rotatable bonds is 3. The number of nitrogens with zero attached hydrogens (tertiary/aromatic N) is 1. The molecule has 0 radical (unpaired) electrons. The molecule has 0 aliphatic heterocycles. The molecule has 3 aromatic rings. The molecular formula is C22H22FN3O. The van der Waals surface area contributed by atoms with Crippen LogP contribution in [0.5, 0.6) is 0 Å². The molecule has 5 heteroatoms. The van der Waals surface area contributed by atoms with Gasteiger partial charge in [-0.05, 0) is 55.9 Å². The maximum absolute atomic E-state index is 14.3. The molecule has 1 saturated carbocycles. The number of pyridine rings is 1. The molecule has 1 heterocycles. The van der Waals surface area contributed by atoms with Gasteiger partial charge in [0.2, 0.25) is 0 Å². The Bertz CT molecular complexity index is 969. The van der Waals surface area contributed by atoms with Crippen LogP contribution in [0.15, 0.2) is 54.7 Å². The number of carbonyl (C=O) groups excluding carboxylic acids is 1. The van der Waals surface area contributed by atoms with Crippen molar-refractivity contribution in [3.05, 3.63) is 71.8 Å². The third kappa shape index (κ3) is 3.77. The minimum Gasteiger partial charge on any atom is -0.335 e. The van der Waals surface area contributed by atoms with Crippen molar-refractivity contribution in [2.45, 2.75) is 38.1 Å². The molecule has 4 rings (SSSR count). The van der Waals surface area contributed by atoms with E-state index in [1.54, 1.807) is 18.3 Å². The first-order valence-corrected chi connectivity index (χ1v) is 9.27. The van der Waals surface area contributed by atoms with Crippen molar-refractivity contribution in [2.24, 2.45) is 0 Å². The number of carbonyl (C=O) groups is 1. The fourth-order valence-electron chi connectivity index (χ4n) is 3.90. The molecule has 2 N–H and O–H groups in total. The zero-order chi connectivity index (χ0) is 18.8. The number of aromatic nitrogens is 1. The molecule has 2 amide bonds. The van der Waals surface area contributed by atoms with Gasteiger partial charge in [-0.25, -0.2) is 9.18 Å². The van der Waals surface area contributed by atoms with Crippen LogP contribution in [0.4, 0.5) is 14.9 Å². The Morgan fingerprint density at radius 1 is 1.15 bits per heavy atom. The number of hydrogen-bond acceptors (Lipinski definition) is 2. The molecule has 2 atom stereocenters. The van der Waals surface area contributed by atoms with Crippen LogP contribution >= 0.6 is 0 Å². The highest BCUT2D eigenvalue weighted by molar-refractivity contribution is 6.01. The number of fused-ring (bicyclic) bond motifs is 1. The molecule has 1 aliphatic carbocycles. The van der Waals surface area contributed by atoms with Crippen molar-refractivity contribution in [2.75, 3.05) is 5.32 Å². The summed E-state index contributed by atoms with van der Waals surface area (Å²) in [4.78, 5) is 16.7. The molecule has 1 aromatic heterocycles. The molecule has 1 aliphatic rings. The Morgan fingerprint density at radius 2 is 1.96 bits per heavy atom. The standard InChI is InChI=1S/C22H22FN3O/c1-14-11-19-17(13-24-14)8-10-20(23)21(19)26-22(27)25-18-9-7-16(12-18)15-5-3-2-4-6-15/h2-6,8,10-11,13,16,18H,7,9,12H2,1H3,(H2,25,26,27)/t16-,18+/m1/s1. The molecule has 27 heavy (non-hydrogen) atoms. The molecule has 2 aromatic carbocycles. The van der Waals surface area contributed by atoms with E-state index in [2.05, 4.69) is 27.8 Å². The highest BCUT2D eigenvalue weighted by atomic mass is 19.1. The van der Waals surface area contributed by atoms with Crippen LogP contribution in [0.3, 0.4) is 0 Å². The number of halogens is 1. The Kier molecular flexibility index (Phi) is 4.75. The van der Waals surface area contributed by atoms with Gasteiger partial charge in [-0.3, -0.25) is 4.98 Å². The van der Waals surface area contributed by atoms with Crippen LogP contribution in [0.2, 0.25) is 0 Å². The van der Waals surface area contributed by atoms with Crippen molar-refractivity contribution in [3.8, 4) is 0 Å². The average Bonchev–Trinajstić information content (AvgIpc) is 3.13. The largest absolute Gasteiger partial charge is 0.335 e. The van der Waals surface area contributed by atoms with Crippen molar-refractivity contribution in [3.63, 3.8) is 0 Å². The summed E-state index contributed by atoms with van der Waals surface area (Å²) in [5, 5.41) is 7.16. The summed E-state index contributed by atoms with van der Waals surface area (Å²) in [6, 6.07) is 14.9. The lowest BCUT2D eigenvalue weighted by Crippen LogP contribution is -2.36. The summed E-state index contributed by atoms with van der Waals surface area (Å²) < 4.78 is 14.3. The Hall–Kier alpha value is -2.95. The first-order chi connectivity index (χ1) is 13.1. The van der Waals surface area contributed by atoms with Gasteiger partial charge in [0.25, 0.3) is 0 Å².